The van der Waals surface area contributed by atoms with E-state index in [0.717, 1.165) is 5.56 Å². The van der Waals surface area contributed by atoms with Gasteiger partial charge in [0.25, 0.3) is 0 Å². The van der Waals surface area contributed by atoms with Crippen molar-refractivity contribution in [2.24, 2.45) is 0 Å². The Bertz CT molecular complexity index is 757. The van der Waals surface area contributed by atoms with Crippen molar-refractivity contribution < 1.29 is 30.3 Å². The Labute approximate surface area is 157 Å². The molecule has 4 unspecified atom stereocenters. The Morgan fingerprint density at radius 3 is 1.67 bits per heavy atom. The summed E-state index contributed by atoms with van der Waals surface area (Å²) in [6.07, 6.45) is -4.25. The zero-order valence-corrected chi connectivity index (χ0v) is 14.9. The molecule has 0 bridgehead atoms. The summed E-state index contributed by atoms with van der Waals surface area (Å²) in [5.74, 6) is -0.530. The minimum Gasteiger partial charge on any atom is -0.509 e. The van der Waals surface area contributed by atoms with Crippen LogP contribution in [0.2, 0.25) is 0 Å². The quantitative estimate of drug-likeness (QED) is 0.451. The van der Waals surface area contributed by atoms with E-state index in [-0.39, 0.29) is 5.76 Å². The van der Waals surface area contributed by atoms with E-state index in [4.69, 9.17) is 4.74 Å². The van der Waals surface area contributed by atoms with E-state index in [0.29, 0.717) is 5.56 Å². The van der Waals surface area contributed by atoms with Gasteiger partial charge in [-0.05, 0) is 23.3 Å². The predicted molar refractivity (Wildman–Crippen MR) is 103 cm³/mol. The summed E-state index contributed by atoms with van der Waals surface area (Å²) in [6.45, 7) is 0. The van der Waals surface area contributed by atoms with E-state index < -0.39 is 30.2 Å². The molecule has 4 atom stereocenters. The normalized spacial score (nSPS) is 17.1. The Morgan fingerprint density at radius 2 is 1.19 bits per heavy atom. The van der Waals surface area contributed by atoms with Gasteiger partial charge in [0.2, 0.25) is 0 Å². The molecule has 0 fully saturated rings. The van der Waals surface area contributed by atoms with Gasteiger partial charge in [-0.15, -0.1) is 0 Å². The first-order valence-electron chi connectivity index (χ1n) is 8.42. The van der Waals surface area contributed by atoms with Crippen molar-refractivity contribution in [1.29, 1.82) is 0 Å². The summed E-state index contributed by atoms with van der Waals surface area (Å²) >= 11 is 0. The molecule has 0 aliphatic heterocycles. The van der Waals surface area contributed by atoms with E-state index in [2.05, 4.69) is 0 Å². The number of aliphatic hydroxyl groups is 5. The fraction of sp³-hybridized carbons (Fsp3) is 0.238. The molecule has 0 spiro atoms. The fourth-order valence-electron chi connectivity index (χ4n) is 2.50. The zero-order chi connectivity index (χ0) is 19.8. The molecule has 0 aliphatic rings. The number of hydrogen-bond acceptors (Lipinski definition) is 6. The van der Waals surface area contributed by atoms with Gasteiger partial charge in [0.05, 0.1) is 7.11 Å². The molecule has 0 heterocycles. The van der Waals surface area contributed by atoms with Crippen molar-refractivity contribution in [3.63, 3.8) is 0 Å². The number of benzene rings is 2. The molecule has 0 aliphatic carbocycles. The van der Waals surface area contributed by atoms with Gasteiger partial charge in [0, 0.05) is 0 Å². The van der Waals surface area contributed by atoms with Crippen LogP contribution >= 0.6 is 0 Å². The maximum absolute atomic E-state index is 10.3. The summed E-state index contributed by atoms with van der Waals surface area (Å²) < 4.78 is 5.10. The molecule has 6 nitrogen and oxygen atoms in total. The van der Waals surface area contributed by atoms with E-state index in [1.54, 1.807) is 54.6 Å². The highest BCUT2D eigenvalue weighted by Crippen LogP contribution is 2.19. The Hall–Kier alpha value is -2.64. The van der Waals surface area contributed by atoms with E-state index in [1.165, 1.54) is 19.3 Å². The van der Waals surface area contributed by atoms with Crippen molar-refractivity contribution in [3.8, 4) is 0 Å². The third kappa shape index (κ3) is 5.67. The van der Waals surface area contributed by atoms with Crippen LogP contribution in [0.5, 0.6) is 0 Å². The lowest BCUT2D eigenvalue weighted by Gasteiger charge is -2.27. The van der Waals surface area contributed by atoms with E-state index in [9.17, 15) is 25.5 Å². The molecule has 2 aromatic carbocycles. The first kappa shape index (κ1) is 20.7. The molecule has 0 aromatic heterocycles. The Kier molecular flexibility index (Phi) is 7.57. The molecule has 2 aromatic rings. The van der Waals surface area contributed by atoms with Crippen LogP contribution in [0, 0.1) is 0 Å². The molecule has 27 heavy (non-hydrogen) atoms. The molecule has 144 valence electrons. The summed E-state index contributed by atoms with van der Waals surface area (Å²) in [7, 11) is 1.32. The molecular formula is C21H24O6. The second-order valence-corrected chi connectivity index (χ2v) is 6.01. The van der Waals surface area contributed by atoms with Crippen LogP contribution in [0.4, 0.5) is 0 Å². The number of rotatable bonds is 8. The summed E-state index contributed by atoms with van der Waals surface area (Å²) in [4.78, 5) is 0. The van der Waals surface area contributed by atoms with Crippen LogP contribution in [0.15, 0.2) is 72.2 Å². The smallest absolute Gasteiger partial charge is 0.139 e. The molecule has 6 heteroatoms. The lowest BCUT2D eigenvalue weighted by Crippen LogP contribution is -2.46. The Balaban J connectivity index is 2.13. The van der Waals surface area contributed by atoms with Gasteiger partial charge in [0.15, 0.2) is 0 Å². The molecular weight excluding hydrogens is 348 g/mol. The maximum atomic E-state index is 10.3. The summed E-state index contributed by atoms with van der Waals surface area (Å²) in [5, 5.41) is 50.8. The third-order valence-corrected chi connectivity index (χ3v) is 4.05. The molecule has 0 radical (unpaired) electrons. The lowest BCUT2D eigenvalue weighted by atomic mass is 9.98. The highest BCUT2D eigenvalue weighted by atomic mass is 16.5. The minimum atomic E-state index is -1.84. The molecule has 5 N–H and O–H groups in total. The molecule has 0 amide bonds. The van der Waals surface area contributed by atoms with E-state index >= 15 is 0 Å². The van der Waals surface area contributed by atoms with Gasteiger partial charge in [-0.3, -0.25) is 0 Å². The fourth-order valence-corrected chi connectivity index (χ4v) is 2.50. The van der Waals surface area contributed by atoms with Crippen LogP contribution in [-0.4, -0.2) is 57.1 Å². The predicted octanol–water partition coefficient (Wildman–Crippen LogP) is 1.72. The molecule has 2 rings (SSSR count). The van der Waals surface area contributed by atoms with Crippen molar-refractivity contribution >= 4 is 12.2 Å². The third-order valence-electron chi connectivity index (χ3n) is 4.05. The average Bonchev–Trinajstić information content (AvgIpc) is 2.71. The highest BCUT2D eigenvalue weighted by Gasteiger charge is 2.34. The summed E-state index contributed by atoms with van der Waals surface area (Å²) in [5.41, 5.74) is 1.33. The second-order valence-electron chi connectivity index (χ2n) is 6.01. The van der Waals surface area contributed by atoms with Crippen molar-refractivity contribution in [2.45, 2.75) is 24.4 Å². The van der Waals surface area contributed by atoms with Crippen LogP contribution in [0.3, 0.4) is 0 Å². The molecule has 0 saturated carbocycles. The second kappa shape index (κ2) is 9.89. The first-order valence-corrected chi connectivity index (χ1v) is 8.42. The molecule has 0 saturated heterocycles. The van der Waals surface area contributed by atoms with Crippen molar-refractivity contribution in [1.82, 2.24) is 0 Å². The number of aliphatic hydroxyl groups excluding tert-OH is 5. The monoisotopic (exact) mass is 372 g/mol. The SMILES string of the molecule is COC(=Cc1ccccc1)C(O)C(O)C(O)C(O)C(O)=Cc1ccccc1. The lowest BCUT2D eigenvalue weighted by molar-refractivity contribution is -0.101. The van der Waals surface area contributed by atoms with Crippen molar-refractivity contribution in [3.05, 3.63) is 83.3 Å². The van der Waals surface area contributed by atoms with Gasteiger partial charge < -0.3 is 30.3 Å². The largest absolute Gasteiger partial charge is 0.509 e. The topological polar surface area (TPSA) is 110 Å². The number of ether oxygens (including phenoxy) is 1. The van der Waals surface area contributed by atoms with Gasteiger partial charge in [-0.1, -0.05) is 60.7 Å². The van der Waals surface area contributed by atoms with Gasteiger partial charge in [-0.25, -0.2) is 0 Å². The maximum Gasteiger partial charge on any atom is 0.139 e. The van der Waals surface area contributed by atoms with Crippen molar-refractivity contribution in [2.75, 3.05) is 7.11 Å². The standard InChI is InChI=1S/C21H24O6/c1-27-17(13-15-10-6-3-7-11-15)19(24)21(26)20(25)18(23)16(22)12-14-8-4-2-5-9-14/h2-13,18-26H,1H3. The average molecular weight is 372 g/mol. The zero-order valence-electron chi connectivity index (χ0n) is 14.9. The van der Waals surface area contributed by atoms with Crippen LogP contribution in [0.1, 0.15) is 11.1 Å². The van der Waals surface area contributed by atoms with Crippen LogP contribution < -0.4 is 0 Å². The number of methoxy groups -OCH3 is 1. The summed E-state index contributed by atoms with van der Waals surface area (Å²) in [6, 6.07) is 17.7. The first-order chi connectivity index (χ1) is 12.9. The Morgan fingerprint density at radius 1 is 0.741 bits per heavy atom. The minimum absolute atomic E-state index is 0.00600. The van der Waals surface area contributed by atoms with E-state index in [1.807, 2.05) is 6.07 Å². The van der Waals surface area contributed by atoms with Gasteiger partial charge in [0.1, 0.15) is 35.9 Å². The van der Waals surface area contributed by atoms with Gasteiger partial charge >= 0.3 is 0 Å². The van der Waals surface area contributed by atoms with Crippen LogP contribution in [0.25, 0.3) is 12.2 Å². The highest BCUT2D eigenvalue weighted by molar-refractivity contribution is 5.53. The number of hydrogen-bond donors (Lipinski definition) is 5. The van der Waals surface area contributed by atoms with Gasteiger partial charge in [-0.2, -0.15) is 0 Å². The van der Waals surface area contributed by atoms with Crippen LogP contribution in [-0.2, 0) is 4.74 Å².